The van der Waals surface area contributed by atoms with E-state index in [1.54, 1.807) is 43.3 Å². The van der Waals surface area contributed by atoms with E-state index in [1.165, 1.54) is 4.90 Å². The number of hydrogen-bond acceptors (Lipinski definition) is 5. The summed E-state index contributed by atoms with van der Waals surface area (Å²) >= 11 is 0. The summed E-state index contributed by atoms with van der Waals surface area (Å²) in [6, 6.07) is 9.89. The minimum Gasteiger partial charge on any atom is -0.361 e. The standard InChI is InChI=1S/C15H16N2O4S/c1-11-9-14(16-21-11)15(18)17-8-7-13(10-17)22(19,20)12-5-3-2-4-6-12/h2-6,9,13H,7-8,10H2,1H3/t13-/m0/s1. The molecule has 0 aliphatic carbocycles. The molecule has 2 aromatic rings. The first-order valence-electron chi connectivity index (χ1n) is 7.00. The van der Waals surface area contributed by atoms with Crippen LogP contribution in [-0.2, 0) is 9.84 Å². The number of carbonyl (C=O) groups is 1. The van der Waals surface area contributed by atoms with Crippen molar-refractivity contribution in [2.24, 2.45) is 0 Å². The first-order valence-corrected chi connectivity index (χ1v) is 8.54. The molecule has 1 aliphatic heterocycles. The normalized spacial score (nSPS) is 18.6. The summed E-state index contributed by atoms with van der Waals surface area (Å²) in [5.41, 5.74) is 0.218. The molecule has 0 spiro atoms. The lowest BCUT2D eigenvalue weighted by Crippen LogP contribution is -2.32. The predicted molar refractivity (Wildman–Crippen MR) is 79.2 cm³/mol. The zero-order valence-electron chi connectivity index (χ0n) is 12.1. The van der Waals surface area contributed by atoms with Gasteiger partial charge in [-0.2, -0.15) is 0 Å². The highest BCUT2D eigenvalue weighted by Gasteiger charge is 2.36. The van der Waals surface area contributed by atoms with Gasteiger partial charge in [-0.1, -0.05) is 23.4 Å². The summed E-state index contributed by atoms with van der Waals surface area (Å²) in [6.45, 7) is 2.29. The molecule has 7 heteroatoms. The van der Waals surface area contributed by atoms with Crippen molar-refractivity contribution in [3.05, 3.63) is 47.9 Å². The lowest BCUT2D eigenvalue weighted by molar-refractivity contribution is 0.0783. The van der Waals surface area contributed by atoms with Crippen LogP contribution < -0.4 is 0 Å². The van der Waals surface area contributed by atoms with E-state index in [2.05, 4.69) is 5.16 Å². The Bertz CT molecular complexity index is 783. The number of aryl methyl sites for hydroxylation is 1. The van der Waals surface area contributed by atoms with E-state index in [9.17, 15) is 13.2 Å². The number of benzene rings is 1. The molecule has 1 amide bonds. The number of carbonyl (C=O) groups excluding carboxylic acids is 1. The summed E-state index contributed by atoms with van der Waals surface area (Å²) in [5.74, 6) is 0.263. The van der Waals surface area contributed by atoms with Crippen LogP contribution in [0.1, 0.15) is 22.7 Å². The predicted octanol–water partition coefficient (Wildman–Crippen LogP) is 1.67. The molecular formula is C15H16N2O4S. The van der Waals surface area contributed by atoms with E-state index in [0.717, 1.165) is 0 Å². The van der Waals surface area contributed by atoms with Crippen molar-refractivity contribution in [1.29, 1.82) is 0 Å². The van der Waals surface area contributed by atoms with Crippen molar-refractivity contribution in [3.63, 3.8) is 0 Å². The fourth-order valence-electron chi connectivity index (χ4n) is 2.60. The van der Waals surface area contributed by atoms with Gasteiger partial charge in [-0.15, -0.1) is 0 Å². The molecule has 6 nitrogen and oxygen atoms in total. The van der Waals surface area contributed by atoms with Gasteiger partial charge in [0.2, 0.25) is 0 Å². The lowest BCUT2D eigenvalue weighted by atomic mass is 10.3. The Hall–Kier alpha value is -2.15. The lowest BCUT2D eigenvalue weighted by Gasteiger charge is -2.15. The highest BCUT2D eigenvalue weighted by Crippen LogP contribution is 2.24. The van der Waals surface area contributed by atoms with Gasteiger partial charge in [-0.25, -0.2) is 8.42 Å². The van der Waals surface area contributed by atoms with Crippen LogP contribution in [0.2, 0.25) is 0 Å². The van der Waals surface area contributed by atoms with Gasteiger partial charge in [0.15, 0.2) is 15.5 Å². The van der Waals surface area contributed by atoms with Crippen LogP contribution in [0, 0.1) is 6.92 Å². The summed E-state index contributed by atoms with van der Waals surface area (Å²) in [6.07, 6.45) is 0.430. The van der Waals surface area contributed by atoms with Gasteiger partial charge >= 0.3 is 0 Å². The largest absolute Gasteiger partial charge is 0.361 e. The summed E-state index contributed by atoms with van der Waals surface area (Å²) in [7, 11) is -3.42. The van der Waals surface area contributed by atoms with Gasteiger partial charge in [0.1, 0.15) is 5.76 Å². The molecule has 0 radical (unpaired) electrons. The number of sulfone groups is 1. The Kier molecular flexibility index (Phi) is 3.74. The van der Waals surface area contributed by atoms with Crippen LogP contribution in [-0.4, -0.2) is 42.7 Å². The Labute approximate surface area is 128 Å². The molecule has 1 atom stereocenters. The van der Waals surface area contributed by atoms with Crippen molar-refractivity contribution in [3.8, 4) is 0 Å². The quantitative estimate of drug-likeness (QED) is 0.859. The van der Waals surface area contributed by atoms with E-state index < -0.39 is 15.1 Å². The van der Waals surface area contributed by atoms with E-state index in [4.69, 9.17) is 4.52 Å². The second-order valence-electron chi connectivity index (χ2n) is 5.34. The first kappa shape index (κ1) is 14.8. The zero-order valence-corrected chi connectivity index (χ0v) is 12.9. The third kappa shape index (κ3) is 2.64. The Balaban J connectivity index is 1.76. The van der Waals surface area contributed by atoms with Gasteiger partial charge in [0.05, 0.1) is 10.1 Å². The molecule has 0 unspecified atom stereocenters. The smallest absolute Gasteiger partial charge is 0.276 e. The molecule has 1 fully saturated rings. The maximum Gasteiger partial charge on any atom is 0.276 e. The van der Waals surface area contributed by atoms with Gasteiger partial charge in [0.25, 0.3) is 5.91 Å². The molecule has 3 rings (SSSR count). The molecule has 2 heterocycles. The molecule has 0 saturated carbocycles. The number of hydrogen-bond donors (Lipinski definition) is 0. The summed E-state index contributed by atoms with van der Waals surface area (Å²) < 4.78 is 30.0. The van der Waals surface area contributed by atoms with Crippen LogP contribution >= 0.6 is 0 Å². The van der Waals surface area contributed by atoms with Crippen LogP contribution in [0.25, 0.3) is 0 Å². The van der Waals surface area contributed by atoms with E-state index >= 15 is 0 Å². The van der Waals surface area contributed by atoms with Gasteiger partial charge in [-0.3, -0.25) is 4.79 Å². The highest BCUT2D eigenvalue weighted by molar-refractivity contribution is 7.92. The van der Waals surface area contributed by atoms with Crippen molar-refractivity contribution in [1.82, 2.24) is 10.1 Å². The third-order valence-electron chi connectivity index (χ3n) is 3.79. The SMILES string of the molecule is Cc1cc(C(=O)N2CC[C@H](S(=O)(=O)c3ccccc3)C2)no1. The number of likely N-dealkylation sites (tertiary alicyclic amines) is 1. The van der Waals surface area contributed by atoms with Crippen molar-refractivity contribution in [2.45, 2.75) is 23.5 Å². The number of amides is 1. The van der Waals surface area contributed by atoms with Crippen molar-refractivity contribution < 1.29 is 17.7 Å². The van der Waals surface area contributed by atoms with E-state index in [-0.39, 0.29) is 18.1 Å². The maximum absolute atomic E-state index is 12.6. The second-order valence-corrected chi connectivity index (χ2v) is 7.57. The third-order valence-corrected chi connectivity index (χ3v) is 5.98. The monoisotopic (exact) mass is 320 g/mol. The molecule has 1 aromatic heterocycles. The molecular weight excluding hydrogens is 304 g/mol. The molecule has 116 valence electrons. The minimum absolute atomic E-state index is 0.183. The molecule has 1 aromatic carbocycles. The topological polar surface area (TPSA) is 80.5 Å². The average molecular weight is 320 g/mol. The second kappa shape index (κ2) is 5.57. The van der Waals surface area contributed by atoms with E-state index in [1.807, 2.05) is 0 Å². The number of aromatic nitrogens is 1. The summed E-state index contributed by atoms with van der Waals surface area (Å²) in [4.78, 5) is 14.1. The number of rotatable bonds is 3. The molecule has 1 aliphatic rings. The fraction of sp³-hybridized carbons (Fsp3) is 0.333. The molecule has 1 saturated heterocycles. The Morgan fingerprint density at radius 2 is 2.05 bits per heavy atom. The number of nitrogens with zero attached hydrogens (tertiary/aromatic N) is 2. The van der Waals surface area contributed by atoms with E-state index in [0.29, 0.717) is 23.6 Å². The molecule has 0 bridgehead atoms. The first-order chi connectivity index (χ1) is 10.5. The zero-order chi connectivity index (χ0) is 15.7. The average Bonchev–Trinajstić information content (AvgIpc) is 3.17. The van der Waals surface area contributed by atoms with Gasteiger partial charge in [0, 0.05) is 19.2 Å². The molecule has 22 heavy (non-hydrogen) atoms. The fourth-order valence-corrected chi connectivity index (χ4v) is 4.31. The summed E-state index contributed by atoms with van der Waals surface area (Å²) in [5, 5.41) is 3.11. The van der Waals surface area contributed by atoms with Gasteiger partial charge < -0.3 is 9.42 Å². The Morgan fingerprint density at radius 1 is 1.32 bits per heavy atom. The van der Waals surface area contributed by atoms with Crippen LogP contribution in [0.4, 0.5) is 0 Å². The van der Waals surface area contributed by atoms with Crippen molar-refractivity contribution >= 4 is 15.7 Å². The van der Waals surface area contributed by atoms with Crippen LogP contribution in [0.3, 0.4) is 0 Å². The van der Waals surface area contributed by atoms with Crippen LogP contribution in [0.15, 0.2) is 45.8 Å². The highest BCUT2D eigenvalue weighted by atomic mass is 32.2. The minimum atomic E-state index is -3.42. The Morgan fingerprint density at radius 3 is 2.68 bits per heavy atom. The van der Waals surface area contributed by atoms with Gasteiger partial charge in [-0.05, 0) is 25.5 Å². The molecule has 0 N–H and O–H groups in total. The van der Waals surface area contributed by atoms with Crippen LogP contribution in [0.5, 0.6) is 0 Å². The van der Waals surface area contributed by atoms with Crippen molar-refractivity contribution in [2.75, 3.05) is 13.1 Å². The maximum atomic E-state index is 12.6.